The molecule has 0 spiro atoms. The monoisotopic (exact) mass is 1550 g/mol. The Bertz CT molecular complexity index is 5850. The largest absolute Gasteiger partial charge is 0.772 e. The van der Waals surface area contributed by atoms with E-state index < -0.39 is 17.4 Å². The third-order valence-electron chi connectivity index (χ3n) is 17.5. The lowest BCUT2D eigenvalue weighted by atomic mass is 10.0. The number of alkyl halides is 3. The number of allylic oxidation sites excluding steroid dienone is 6. The van der Waals surface area contributed by atoms with E-state index in [4.69, 9.17) is 27.9 Å². The number of methoxy groups -OCH3 is 1. The lowest BCUT2D eigenvalue weighted by Crippen LogP contribution is -2.18. The number of benzene rings is 9. The van der Waals surface area contributed by atoms with Crippen LogP contribution in [0.15, 0.2) is 366 Å². The molecule has 19 heteroatoms. The second kappa shape index (κ2) is 37.2. The fourth-order valence-corrected chi connectivity index (χ4v) is 13.5. The zero-order valence-electron chi connectivity index (χ0n) is 61.1. The molecule has 0 radical (unpaired) electrons. The second-order valence-electron chi connectivity index (χ2n) is 25.7. The first kappa shape index (κ1) is 79.7. The quantitative estimate of drug-likeness (QED) is 0.0977. The van der Waals surface area contributed by atoms with Crippen molar-refractivity contribution >= 4 is 68.1 Å². The molecular formula is C92H75Cl2F3N5O7S2-. The number of thiophene rings is 1. The third kappa shape index (κ3) is 21.8. The average molecular weight is 1550 g/mol. The Balaban J connectivity index is 0.000000138. The molecule has 0 saturated heterocycles. The Hall–Kier alpha value is -12.4. The molecule has 0 fully saturated rings. The zero-order chi connectivity index (χ0) is 78.7. The van der Waals surface area contributed by atoms with Crippen LogP contribution >= 0.6 is 34.5 Å². The summed E-state index contributed by atoms with van der Waals surface area (Å²) < 4.78 is 72.6. The SMILES string of the molecule is C=C1C=CC(c2ccc(CS(=O)[O-])cc2)=CN1c1cccc(C)c1.C=C1C=CC(c2cccc(Cl)c2)=CN1c1ccc(OC(F)(F)F)cc1.COc1ccccc1-c1ccc(=O)n(-c2cccc(C)c2)c1.Cc1cccc(-n2cc(-c3ccccc3Cl)ccc2=O)c1.Cc1cccc(-n2cc(-c3ccsc3)ccc2=O)c1. The molecule has 1 atom stereocenters. The Morgan fingerprint density at radius 2 is 0.901 bits per heavy atom. The minimum Gasteiger partial charge on any atom is -0.772 e. The fourth-order valence-electron chi connectivity index (χ4n) is 12.0. The first-order valence-corrected chi connectivity index (χ1v) is 37.8. The molecule has 0 bridgehead atoms. The van der Waals surface area contributed by atoms with Crippen molar-refractivity contribution in [1.29, 1.82) is 0 Å². The van der Waals surface area contributed by atoms with Crippen LogP contribution < -0.4 is 36.0 Å². The van der Waals surface area contributed by atoms with Crippen molar-refractivity contribution in [1.82, 2.24) is 13.7 Å². The number of rotatable bonds is 14. The third-order valence-corrected chi connectivity index (χ3v) is 19.3. The van der Waals surface area contributed by atoms with Gasteiger partial charge in [-0.25, -0.2) is 0 Å². The van der Waals surface area contributed by atoms with Crippen molar-refractivity contribution < 1.29 is 31.4 Å². The molecule has 6 heterocycles. The summed E-state index contributed by atoms with van der Waals surface area (Å²) in [4.78, 5) is 40.2. The molecule has 1 unspecified atom stereocenters. The Kier molecular flexibility index (Phi) is 26.7. The predicted octanol–water partition coefficient (Wildman–Crippen LogP) is 22.6. The van der Waals surface area contributed by atoms with Crippen LogP contribution in [-0.4, -0.2) is 35.9 Å². The first-order valence-electron chi connectivity index (χ1n) is 34.8. The number of nitrogens with zero attached hydrogens (tertiary/aromatic N) is 5. The summed E-state index contributed by atoms with van der Waals surface area (Å²) in [7, 11) is 1.65. The highest BCUT2D eigenvalue weighted by Crippen LogP contribution is 2.35. The standard InChI is InChI=1S/C20H19NO2S.C19H13ClF3NO.C19H17NO2.C18H14ClNO.C16H13NOS/c1-15-4-3-5-20(12-15)21-13-19(9-6-16(21)2)18-10-7-17(8-11-18)14-24(22)23;1-13-5-6-15(14-3-2-4-16(20)11-14)12-24(13)17-7-9-18(10-8-17)25-19(21,22)23;1-14-6-5-7-16(12-14)20-13-15(10-11-19(20)21)17-8-3-4-9-18(17)22-2;1-13-5-4-6-15(11-13)20-12-14(9-10-18(20)21)16-7-2-3-8-17(16)19;1-12-3-2-4-15(9-12)17-10-13(5-6-16(17)18)14-7-8-19-11-14/h3-13H,2,14H2,1H3,(H,22,23);2-12H,1H2;3-13H,1-2H3;2-12H,1H3;2-11H,1H3/p-1. The van der Waals surface area contributed by atoms with Gasteiger partial charge in [-0.1, -0.05) is 181 Å². The van der Waals surface area contributed by atoms with Gasteiger partial charge >= 0.3 is 6.36 Å². The van der Waals surface area contributed by atoms with Gasteiger partial charge in [0.25, 0.3) is 16.7 Å². The molecule has 2 aliphatic heterocycles. The van der Waals surface area contributed by atoms with Gasteiger partial charge in [0.15, 0.2) is 0 Å². The predicted molar refractivity (Wildman–Crippen MR) is 448 cm³/mol. The number of ether oxygens (including phenoxy) is 2. The maximum atomic E-state index is 12.3. The van der Waals surface area contributed by atoms with Crippen molar-refractivity contribution in [3.8, 4) is 61.9 Å². The van der Waals surface area contributed by atoms with E-state index in [9.17, 15) is 36.3 Å². The molecule has 2 aliphatic rings. The minimum atomic E-state index is -4.71. The molecule has 111 heavy (non-hydrogen) atoms. The summed E-state index contributed by atoms with van der Waals surface area (Å²) in [6.45, 7) is 16.2. The van der Waals surface area contributed by atoms with Gasteiger partial charge in [0.1, 0.15) is 11.5 Å². The first-order chi connectivity index (χ1) is 53.4. The van der Waals surface area contributed by atoms with E-state index in [-0.39, 0.29) is 28.2 Å². The molecule has 12 nitrogen and oxygen atoms in total. The molecule has 13 aromatic rings. The van der Waals surface area contributed by atoms with Gasteiger partial charge < -0.3 is 23.8 Å². The summed E-state index contributed by atoms with van der Waals surface area (Å²) in [5.74, 6) is 0.562. The molecule has 4 aromatic heterocycles. The van der Waals surface area contributed by atoms with Crippen LogP contribution in [0.1, 0.15) is 38.9 Å². The van der Waals surface area contributed by atoms with E-state index in [1.807, 2.05) is 257 Å². The number of hydrogen-bond donors (Lipinski definition) is 0. The van der Waals surface area contributed by atoms with Crippen molar-refractivity contribution in [3.05, 3.63) is 432 Å². The van der Waals surface area contributed by atoms with Gasteiger partial charge in [-0.2, -0.15) is 11.3 Å². The Morgan fingerprint density at radius 3 is 1.39 bits per heavy atom. The van der Waals surface area contributed by atoms with Gasteiger partial charge in [0.2, 0.25) is 0 Å². The highest BCUT2D eigenvalue weighted by Gasteiger charge is 2.31. The highest BCUT2D eigenvalue weighted by molar-refractivity contribution is 7.78. The Morgan fingerprint density at radius 1 is 0.450 bits per heavy atom. The maximum absolute atomic E-state index is 12.3. The number of aromatic nitrogens is 3. The van der Waals surface area contributed by atoms with Crippen molar-refractivity contribution in [2.45, 2.75) is 39.8 Å². The number of aryl methyl sites for hydroxylation is 4. The molecule has 9 aromatic carbocycles. The van der Waals surface area contributed by atoms with E-state index in [0.29, 0.717) is 21.4 Å². The smallest absolute Gasteiger partial charge is 0.573 e. The van der Waals surface area contributed by atoms with Crippen LogP contribution in [0.25, 0.3) is 61.6 Å². The van der Waals surface area contributed by atoms with E-state index in [2.05, 4.69) is 65.6 Å². The molecule has 0 saturated carbocycles. The van der Waals surface area contributed by atoms with Crippen molar-refractivity contribution in [2.24, 2.45) is 0 Å². The number of para-hydroxylation sites is 1. The summed E-state index contributed by atoms with van der Waals surface area (Å²) in [5.41, 5.74) is 21.1. The number of anilines is 2. The normalized spacial score (nSPS) is 12.5. The van der Waals surface area contributed by atoms with E-state index in [0.717, 1.165) is 112 Å². The van der Waals surface area contributed by atoms with Gasteiger partial charge in [-0.3, -0.25) is 32.3 Å². The van der Waals surface area contributed by atoms with Gasteiger partial charge in [-0.05, 0) is 233 Å². The summed E-state index contributed by atoms with van der Waals surface area (Å²) in [6, 6.07) is 80.3. The van der Waals surface area contributed by atoms with Crippen molar-refractivity contribution in [3.63, 3.8) is 0 Å². The number of pyridine rings is 3. The van der Waals surface area contributed by atoms with E-state index in [1.54, 1.807) is 67.4 Å². The zero-order valence-corrected chi connectivity index (χ0v) is 64.2. The number of halogens is 5. The van der Waals surface area contributed by atoms with Crippen LogP contribution in [-0.2, 0) is 16.8 Å². The molecule has 15 rings (SSSR count). The van der Waals surface area contributed by atoms with E-state index >= 15 is 0 Å². The molecule has 558 valence electrons. The summed E-state index contributed by atoms with van der Waals surface area (Å²) >= 11 is 11.9. The highest BCUT2D eigenvalue weighted by atomic mass is 35.5. The Labute approximate surface area is 659 Å². The van der Waals surface area contributed by atoms with Crippen LogP contribution in [0.5, 0.6) is 11.5 Å². The van der Waals surface area contributed by atoms with Gasteiger partial charge in [0.05, 0.1) is 7.11 Å². The van der Waals surface area contributed by atoms with E-state index in [1.165, 1.54) is 29.8 Å². The fraction of sp³-hybridized carbons (Fsp3) is 0.0761. The minimum absolute atomic E-state index is 0.00965. The van der Waals surface area contributed by atoms with Crippen LogP contribution in [0.4, 0.5) is 24.5 Å². The van der Waals surface area contributed by atoms with Gasteiger partial charge in [0, 0.05) is 127 Å². The van der Waals surface area contributed by atoms with Crippen LogP contribution in [0, 0.1) is 27.7 Å². The number of hydrogen-bond acceptors (Lipinski definition) is 10. The summed E-state index contributed by atoms with van der Waals surface area (Å²) in [6.07, 6.45) is 12.5. The lowest BCUT2D eigenvalue weighted by molar-refractivity contribution is -0.274. The van der Waals surface area contributed by atoms with Gasteiger partial charge in [-0.15, -0.1) is 13.2 Å². The molecule has 0 amide bonds. The maximum Gasteiger partial charge on any atom is 0.573 e. The molecule has 0 N–H and O–H groups in total. The second-order valence-corrected chi connectivity index (χ2v) is 28.2. The van der Waals surface area contributed by atoms with Crippen molar-refractivity contribution in [2.75, 3.05) is 16.9 Å². The van der Waals surface area contributed by atoms with Crippen LogP contribution in [0.3, 0.4) is 0 Å². The summed E-state index contributed by atoms with van der Waals surface area (Å²) in [5, 5.41) is 5.42. The molecular weight excluding hydrogens is 1480 g/mol. The lowest BCUT2D eigenvalue weighted by Gasteiger charge is -2.26. The van der Waals surface area contributed by atoms with Crippen LogP contribution in [0.2, 0.25) is 10.0 Å². The molecule has 0 aliphatic carbocycles. The average Bonchev–Trinajstić information content (AvgIpc) is 1.60. The topological polar surface area (TPSA) is 131 Å².